The van der Waals surface area contributed by atoms with Gasteiger partial charge in [-0.25, -0.2) is 0 Å². The van der Waals surface area contributed by atoms with Gasteiger partial charge in [0.2, 0.25) is 0 Å². The van der Waals surface area contributed by atoms with E-state index in [-0.39, 0.29) is 5.75 Å². The van der Waals surface area contributed by atoms with E-state index in [1.807, 2.05) is 17.8 Å². The Morgan fingerprint density at radius 1 is 1.22 bits per heavy atom. The van der Waals surface area contributed by atoms with E-state index in [9.17, 15) is 5.11 Å². The second-order valence-corrected chi connectivity index (χ2v) is 5.68. The number of benzene rings is 2. The Labute approximate surface area is 115 Å². The van der Waals surface area contributed by atoms with Crippen molar-refractivity contribution in [1.82, 2.24) is 0 Å². The number of fused-ring (bicyclic) bond motifs is 1. The van der Waals surface area contributed by atoms with Gasteiger partial charge in [0.15, 0.2) is 0 Å². The summed E-state index contributed by atoms with van der Waals surface area (Å²) in [7, 11) is 0. The summed E-state index contributed by atoms with van der Waals surface area (Å²) in [5.74, 6) is 1.13. The van der Waals surface area contributed by atoms with Gasteiger partial charge in [0.25, 0.3) is 0 Å². The standard InChI is InChI=1S/C14H12ClNOS/c15-11-7-9(5-6-13(11)17)16-12-8-18-14-4-2-1-3-10(12)14/h1-7,12,16-17H,8H2. The number of hydrogen-bond acceptors (Lipinski definition) is 3. The van der Waals surface area contributed by atoms with E-state index in [4.69, 9.17) is 11.6 Å². The van der Waals surface area contributed by atoms with Crippen molar-refractivity contribution in [3.05, 3.63) is 53.1 Å². The molecule has 1 unspecified atom stereocenters. The maximum atomic E-state index is 9.40. The van der Waals surface area contributed by atoms with E-state index in [0.717, 1.165) is 11.4 Å². The molecule has 2 aromatic rings. The second-order valence-electron chi connectivity index (χ2n) is 4.21. The molecule has 0 aromatic heterocycles. The summed E-state index contributed by atoms with van der Waals surface area (Å²) in [6.07, 6.45) is 0. The fraction of sp³-hybridized carbons (Fsp3) is 0.143. The van der Waals surface area contributed by atoms with E-state index in [2.05, 4.69) is 29.6 Å². The summed E-state index contributed by atoms with van der Waals surface area (Å²) >= 11 is 7.76. The summed E-state index contributed by atoms with van der Waals surface area (Å²) in [6, 6.07) is 13.9. The molecule has 1 atom stereocenters. The summed E-state index contributed by atoms with van der Waals surface area (Å²) in [4.78, 5) is 1.33. The van der Waals surface area contributed by atoms with Crippen LogP contribution in [0.2, 0.25) is 5.02 Å². The normalized spacial score (nSPS) is 17.5. The summed E-state index contributed by atoms with van der Waals surface area (Å²) < 4.78 is 0. The molecule has 92 valence electrons. The molecular weight excluding hydrogens is 266 g/mol. The van der Waals surface area contributed by atoms with Crippen LogP contribution in [0, 0.1) is 0 Å². The molecule has 4 heteroatoms. The van der Waals surface area contributed by atoms with Crippen LogP contribution in [0.15, 0.2) is 47.4 Å². The molecule has 0 aliphatic carbocycles. The van der Waals surface area contributed by atoms with Gasteiger partial charge >= 0.3 is 0 Å². The fourth-order valence-corrected chi connectivity index (χ4v) is 3.42. The monoisotopic (exact) mass is 277 g/mol. The Balaban J connectivity index is 1.84. The Bertz CT molecular complexity index is 588. The number of anilines is 1. The van der Waals surface area contributed by atoms with Crippen molar-refractivity contribution in [1.29, 1.82) is 0 Å². The van der Waals surface area contributed by atoms with Crippen molar-refractivity contribution in [2.45, 2.75) is 10.9 Å². The van der Waals surface area contributed by atoms with Crippen molar-refractivity contribution >= 4 is 29.1 Å². The fourth-order valence-electron chi connectivity index (χ4n) is 2.08. The van der Waals surface area contributed by atoms with Crippen molar-refractivity contribution < 1.29 is 5.11 Å². The average molecular weight is 278 g/mol. The van der Waals surface area contributed by atoms with Crippen molar-refractivity contribution in [3.8, 4) is 5.75 Å². The lowest BCUT2D eigenvalue weighted by molar-refractivity contribution is 0.475. The highest BCUT2D eigenvalue weighted by molar-refractivity contribution is 7.99. The molecule has 3 rings (SSSR count). The summed E-state index contributed by atoms with van der Waals surface area (Å²) in [5.41, 5.74) is 2.26. The van der Waals surface area contributed by atoms with Gasteiger partial charge in [0.1, 0.15) is 5.75 Å². The molecule has 0 bridgehead atoms. The molecule has 1 heterocycles. The van der Waals surface area contributed by atoms with Gasteiger partial charge in [0.05, 0.1) is 11.1 Å². The van der Waals surface area contributed by atoms with E-state index in [0.29, 0.717) is 11.1 Å². The Kier molecular flexibility index (Phi) is 3.10. The number of rotatable bonds is 2. The van der Waals surface area contributed by atoms with Gasteiger partial charge < -0.3 is 10.4 Å². The number of halogens is 1. The quantitative estimate of drug-likeness (QED) is 0.803. The van der Waals surface area contributed by atoms with Gasteiger partial charge in [-0.05, 0) is 29.8 Å². The maximum Gasteiger partial charge on any atom is 0.134 e. The minimum Gasteiger partial charge on any atom is -0.506 e. The molecule has 2 nitrogen and oxygen atoms in total. The zero-order valence-corrected chi connectivity index (χ0v) is 11.1. The number of nitrogens with one attached hydrogen (secondary N) is 1. The third kappa shape index (κ3) is 2.16. The third-order valence-electron chi connectivity index (χ3n) is 2.99. The smallest absolute Gasteiger partial charge is 0.134 e. The molecule has 1 aliphatic rings. The Morgan fingerprint density at radius 3 is 2.89 bits per heavy atom. The van der Waals surface area contributed by atoms with Gasteiger partial charge in [-0.2, -0.15) is 0 Å². The summed E-state index contributed by atoms with van der Waals surface area (Å²) in [5, 5.41) is 13.2. The first-order valence-electron chi connectivity index (χ1n) is 5.71. The van der Waals surface area contributed by atoms with E-state index in [1.165, 1.54) is 10.5 Å². The molecule has 0 amide bonds. The molecule has 18 heavy (non-hydrogen) atoms. The lowest BCUT2D eigenvalue weighted by Gasteiger charge is -2.15. The number of hydrogen-bond donors (Lipinski definition) is 2. The number of phenolic OH excluding ortho intramolecular Hbond substituents is 1. The lowest BCUT2D eigenvalue weighted by atomic mass is 10.1. The molecule has 2 aromatic carbocycles. The van der Waals surface area contributed by atoms with Crippen LogP contribution in [0.3, 0.4) is 0 Å². The minimum atomic E-state index is 0.114. The first kappa shape index (κ1) is 11.8. The van der Waals surface area contributed by atoms with E-state index >= 15 is 0 Å². The number of phenols is 1. The molecule has 0 saturated heterocycles. The van der Waals surface area contributed by atoms with Gasteiger partial charge in [0, 0.05) is 16.3 Å². The van der Waals surface area contributed by atoms with E-state index < -0.39 is 0 Å². The van der Waals surface area contributed by atoms with Crippen LogP contribution in [0.5, 0.6) is 5.75 Å². The predicted octanol–water partition coefficient (Wildman–Crippen LogP) is 4.30. The largest absolute Gasteiger partial charge is 0.506 e. The molecule has 0 radical (unpaired) electrons. The average Bonchev–Trinajstić information content (AvgIpc) is 2.78. The van der Waals surface area contributed by atoms with Crippen LogP contribution in [-0.2, 0) is 0 Å². The van der Waals surface area contributed by atoms with E-state index in [1.54, 1.807) is 12.1 Å². The highest BCUT2D eigenvalue weighted by Crippen LogP contribution is 2.40. The highest BCUT2D eigenvalue weighted by atomic mass is 35.5. The number of thioether (sulfide) groups is 1. The lowest BCUT2D eigenvalue weighted by Crippen LogP contribution is -2.09. The molecule has 0 fully saturated rings. The Hall–Kier alpha value is -1.32. The van der Waals surface area contributed by atoms with Crippen molar-refractivity contribution in [2.75, 3.05) is 11.1 Å². The molecule has 1 aliphatic heterocycles. The second kappa shape index (κ2) is 4.75. The van der Waals surface area contributed by atoms with Crippen LogP contribution in [-0.4, -0.2) is 10.9 Å². The SMILES string of the molecule is Oc1ccc(NC2CSc3ccccc32)cc1Cl. The van der Waals surface area contributed by atoms with Crippen LogP contribution >= 0.6 is 23.4 Å². The van der Waals surface area contributed by atoms with Gasteiger partial charge in [-0.1, -0.05) is 29.8 Å². The van der Waals surface area contributed by atoms with Crippen LogP contribution < -0.4 is 5.32 Å². The molecule has 0 saturated carbocycles. The van der Waals surface area contributed by atoms with Crippen LogP contribution in [0.4, 0.5) is 5.69 Å². The van der Waals surface area contributed by atoms with Gasteiger partial charge in [-0.15, -0.1) is 11.8 Å². The van der Waals surface area contributed by atoms with Gasteiger partial charge in [-0.3, -0.25) is 0 Å². The van der Waals surface area contributed by atoms with Crippen molar-refractivity contribution in [3.63, 3.8) is 0 Å². The zero-order valence-electron chi connectivity index (χ0n) is 9.56. The Morgan fingerprint density at radius 2 is 2.06 bits per heavy atom. The highest BCUT2D eigenvalue weighted by Gasteiger charge is 2.22. The molecule has 2 N–H and O–H groups in total. The maximum absolute atomic E-state index is 9.40. The van der Waals surface area contributed by atoms with Crippen LogP contribution in [0.25, 0.3) is 0 Å². The first-order chi connectivity index (χ1) is 8.74. The third-order valence-corrected chi connectivity index (χ3v) is 4.47. The molecular formula is C14H12ClNOS. The zero-order chi connectivity index (χ0) is 12.5. The summed E-state index contributed by atoms with van der Waals surface area (Å²) in [6.45, 7) is 0. The van der Waals surface area contributed by atoms with Crippen LogP contribution in [0.1, 0.15) is 11.6 Å². The topological polar surface area (TPSA) is 32.3 Å². The number of aromatic hydroxyl groups is 1. The minimum absolute atomic E-state index is 0.114. The van der Waals surface area contributed by atoms with Crippen molar-refractivity contribution in [2.24, 2.45) is 0 Å². The molecule has 0 spiro atoms. The first-order valence-corrected chi connectivity index (χ1v) is 7.07. The predicted molar refractivity (Wildman–Crippen MR) is 76.6 cm³/mol.